The molecule has 0 bridgehead atoms. The predicted molar refractivity (Wildman–Crippen MR) is 127 cm³/mol. The Morgan fingerprint density at radius 1 is 1.17 bits per heavy atom. The van der Waals surface area contributed by atoms with Crippen LogP contribution in [0.4, 0.5) is 13.2 Å². The van der Waals surface area contributed by atoms with Crippen molar-refractivity contribution in [3.05, 3.63) is 29.3 Å². The maximum Gasteiger partial charge on any atom is 0.416 e. The lowest BCUT2D eigenvalue weighted by atomic mass is 9.74. The van der Waals surface area contributed by atoms with Crippen LogP contribution in [-0.4, -0.2) is 64.7 Å². The number of nitrogens with zero attached hydrogens (tertiary/aromatic N) is 2. The SMILES string of the molecule is CC(C)[C@]1(C(=O)N2COc3ccc(C(F)(F)F)cc3C2)CC[C@@H](N2CCC(N[C@H](C)C(=O)O)CC2)C1. The number of nitrogens with one attached hydrogen (secondary N) is 1. The van der Waals surface area contributed by atoms with E-state index in [1.165, 1.54) is 6.07 Å². The minimum absolute atomic E-state index is 0.0369. The number of carboxylic acids is 1. The standard InChI is InChI=1S/C26H36F3N3O4/c1-16(2)25(9-6-21(13-25)31-10-7-20(8-11-31)30-17(3)23(33)34)24(35)32-14-18-12-19(26(27,28)29)4-5-22(18)36-15-32/h4-5,12,16-17,20-21,30H,6-11,13-15H2,1-3H3,(H,33,34)/t17-,21-,25+/m1/s1. The first kappa shape index (κ1) is 26.7. The third-order valence-corrected chi connectivity index (χ3v) is 8.37. The van der Waals surface area contributed by atoms with Crippen LogP contribution in [0.25, 0.3) is 0 Å². The molecule has 1 amide bonds. The number of likely N-dealkylation sites (tertiary alicyclic amines) is 1. The van der Waals surface area contributed by atoms with Gasteiger partial charge in [0.05, 0.1) is 17.5 Å². The Bertz CT molecular complexity index is 978. The van der Waals surface area contributed by atoms with E-state index < -0.39 is 29.2 Å². The number of aliphatic carboxylic acids is 1. The van der Waals surface area contributed by atoms with Gasteiger partial charge in [-0.15, -0.1) is 0 Å². The number of amides is 1. The third kappa shape index (κ3) is 5.34. The van der Waals surface area contributed by atoms with E-state index in [4.69, 9.17) is 9.84 Å². The van der Waals surface area contributed by atoms with Crippen LogP contribution in [0.5, 0.6) is 5.75 Å². The van der Waals surface area contributed by atoms with Gasteiger partial charge in [0, 0.05) is 17.6 Å². The number of carbonyl (C=O) groups excluding carboxylic acids is 1. The average molecular weight is 512 g/mol. The molecule has 2 fully saturated rings. The summed E-state index contributed by atoms with van der Waals surface area (Å²) in [6, 6.07) is 3.26. The first-order chi connectivity index (χ1) is 16.9. The molecule has 2 N–H and O–H groups in total. The minimum Gasteiger partial charge on any atom is -0.480 e. The monoisotopic (exact) mass is 511 g/mol. The van der Waals surface area contributed by atoms with E-state index in [2.05, 4.69) is 10.2 Å². The van der Waals surface area contributed by atoms with E-state index in [1.54, 1.807) is 11.8 Å². The van der Waals surface area contributed by atoms with Gasteiger partial charge >= 0.3 is 12.1 Å². The van der Waals surface area contributed by atoms with Gasteiger partial charge in [0.25, 0.3) is 0 Å². The molecule has 3 aliphatic rings. The number of alkyl halides is 3. The number of hydrogen-bond donors (Lipinski definition) is 2. The summed E-state index contributed by atoms with van der Waals surface area (Å²) < 4.78 is 45.3. The van der Waals surface area contributed by atoms with Crippen LogP contribution in [0.15, 0.2) is 18.2 Å². The molecule has 0 radical (unpaired) electrons. The van der Waals surface area contributed by atoms with Crippen LogP contribution < -0.4 is 10.1 Å². The van der Waals surface area contributed by atoms with Crippen molar-refractivity contribution in [1.82, 2.24) is 15.1 Å². The molecule has 7 nitrogen and oxygen atoms in total. The lowest BCUT2D eigenvalue weighted by Crippen LogP contribution is -2.51. The Hall–Kier alpha value is -2.33. The van der Waals surface area contributed by atoms with Crippen molar-refractivity contribution in [1.29, 1.82) is 0 Å². The molecule has 0 spiro atoms. The second kappa shape index (κ2) is 10.2. The highest BCUT2D eigenvalue weighted by Crippen LogP contribution is 2.48. The van der Waals surface area contributed by atoms with Crippen LogP contribution in [0.3, 0.4) is 0 Å². The van der Waals surface area contributed by atoms with Gasteiger partial charge in [0.1, 0.15) is 11.8 Å². The van der Waals surface area contributed by atoms with Gasteiger partial charge in [-0.1, -0.05) is 13.8 Å². The summed E-state index contributed by atoms with van der Waals surface area (Å²) in [4.78, 5) is 29.0. The quantitative estimate of drug-likeness (QED) is 0.599. The van der Waals surface area contributed by atoms with Crippen molar-refractivity contribution in [2.45, 2.75) is 83.7 Å². The number of ether oxygens (including phenoxy) is 1. The highest BCUT2D eigenvalue weighted by molar-refractivity contribution is 5.83. The molecule has 1 aliphatic carbocycles. The number of hydrogen-bond acceptors (Lipinski definition) is 5. The fourth-order valence-corrected chi connectivity index (χ4v) is 6.05. The zero-order valence-electron chi connectivity index (χ0n) is 21.1. The van der Waals surface area contributed by atoms with Gasteiger partial charge in [-0.05, 0) is 76.2 Å². The molecule has 1 saturated carbocycles. The second-order valence-electron chi connectivity index (χ2n) is 10.8. The molecule has 4 rings (SSSR count). The summed E-state index contributed by atoms with van der Waals surface area (Å²) in [6.45, 7) is 7.58. The first-order valence-corrected chi connectivity index (χ1v) is 12.8. The van der Waals surface area contributed by atoms with E-state index in [1.807, 2.05) is 13.8 Å². The number of fused-ring (bicyclic) bond motifs is 1. The molecule has 200 valence electrons. The average Bonchev–Trinajstić information content (AvgIpc) is 3.29. The summed E-state index contributed by atoms with van der Waals surface area (Å²) in [5.41, 5.74) is -0.947. The lowest BCUT2D eigenvalue weighted by Gasteiger charge is -2.41. The number of carbonyl (C=O) groups is 2. The molecule has 2 aliphatic heterocycles. The highest BCUT2D eigenvalue weighted by atomic mass is 19.4. The van der Waals surface area contributed by atoms with Crippen molar-refractivity contribution in [2.24, 2.45) is 11.3 Å². The highest BCUT2D eigenvalue weighted by Gasteiger charge is 2.51. The predicted octanol–water partition coefficient (Wildman–Crippen LogP) is 4.11. The fourth-order valence-electron chi connectivity index (χ4n) is 6.05. The molecule has 1 aromatic carbocycles. The van der Waals surface area contributed by atoms with E-state index in [9.17, 15) is 22.8 Å². The Morgan fingerprint density at radius 2 is 1.86 bits per heavy atom. The Balaban J connectivity index is 1.41. The van der Waals surface area contributed by atoms with E-state index in [-0.39, 0.29) is 37.2 Å². The molecule has 3 atom stereocenters. The van der Waals surface area contributed by atoms with Crippen molar-refractivity contribution < 1.29 is 32.6 Å². The summed E-state index contributed by atoms with van der Waals surface area (Å²) in [5.74, 6) is -0.431. The number of piperidine rings is 1. The largest absolute Gasteiger partial charge is 0.480 e. The van der Waals surface area contributed by atoms with Gasteiger partial charge < -0.3 is 25.0 Å². The number of halogens is 3. The van der Waals surface area contributed by atoms with Gasteiger partial charge in [-0.25, -0.2) is 0 Å². The van der Waals surface area contributed by atoms with Gasteiger partial charge in [0.2, 0.25) is 5.91 Å². The number of benzene rings is 1. The maximum atomic E-state index is 13.9. The van der Waals surface area contributed by atoms with Crippen molar-refractivity contribution in [3.63, 3.8) is 0 Å². The molecule has 10 heteroatoms. The number of rotatable bonds is 6. The van der Waals surface area contributed by atoms with Crippen LogP contribution in [0.2, 0.25) is 0 Å². The molecule has 2 heterocycles. The molecule has 1 saturated heterocycles. The van der Waals surface area contributed by atoms with Gasteiger partial charge in [0.15, 0.2) is 6.73 Å². The van der Waals surface area contributed by atoms with Crippen LogP contribution in [-0.2, 0) is 22.3 Å². The third-order valence-electron chi connectivity index (χ3n) is 8.37. The smallest absolute Gasteiger partial charge is 0.416 e. The fraction of sp³-hybridized carbons (Fsp3) is 0.692. The molecule has 0 aromatic heterocycles. The van der Waals surface area contributed by atoms with Gasteiger partial charge in [-0.3, -0.25) is 9.59 Å². The zero-order chi connectivity index (χ0) is 26.3. The van der Waals surface area contributed by atoms with E-state index >= 15 is 0 Å². The molecular weight excluding hydrogens is 475 g/mol. The summed E-state index contributed by atoms with van der Waals surface area (Å²) in [6.07, 6.45) is -0.414. The van der Waals surface area contributed by atoms with Crippen molar-refractivity contribution in [2.75, 3.05) is 19.8 Å². The maximum absolute atomic E-state index is 13.9. The molecule has 1 aromatic rings. The second-order valence-corrected chi connectivity index (χ2v) is 10.8. The van der Waals surface area contributed by atoms with Crippen LogP contribution >= 0.6 is 0 Å². The summed E-state index contributed by atoms with van der Waals surface area (Å²) in [7, 11) is 0. The normalized spacial score (nSPS) is 26.5. The summed E-state index contributed by atoms with van der Waals surface area (Å²) in [5, 5.41) is 12.3. The van der Waals surface area contributed by atoms with Crippen molar-refractivity contribution >= 4 is 11.9 Å². The molecular formula is C26H36F3N3O4. The number of carboxylic acid groups (broad SMARTS) is 1. The first-order valence-electron chi connectivity index (χ1n) is 12.8. The molecule has 0 unspecified atom stereocenters. The van der Waals surface area contributed by atoms with Crippen LogP contribution in [0.1, 0.15) is 64.0 Å². The van der Waals surface area contributed by atoms with Crippen molar-refractivity contribution in [3.8, 4) is 5.75 Å². The minimum atomic E-state index is -4.45. The Morgan fingerprint density at radius 3 is 2.47 bits per heavy atom. The summed E-state index contributed by atoms with van der Waals surface area (Å²) >= 11 is 0. The lowest BCUT2D eigenvalue weighted by molar-refractivity contribution is -0.150. The molecule has 36 heavy (non-hydrogen) atoms. The van der Waals surface area contributed by atoms with Gasteiger partial charge in [-0.2, -0.15) is 13.2 Å². The van der Waals surface area contributed by atoms with E-state index in [0.717, 1.165) is 50.9 Å². The Kier molecular flexibility index (Phi) is 7.57. The van der Waals surface area contributed by atoms with Crippen LogP contribution in [0, 0.1) is 11.3 Å². The zero-order valence-corrected chi connectivity index (χ0v) is 21.1. The Labute approximate surface area is 210 Å². The topological polar surface area (TPSA) is 82.1 Å². The van der Waals surface area contributed by atoms with E-state index in [0.29, 0.717) is 17.7 Å².